The van der Waals surface area contributed by atoms with E-state index in [0.29, 0.717) is 0 Å². The molecular formula is C11H17N3OS. The van der Waals surface area contributed by atoms with Gasteiger partial charge in [-0.05, 0) is 31.5 Å². The fourth-order valence-electron chi connectivity index (χ4n) is 1.94. The van der Waals surface area contributed by atoms with Gasteiger partial charge in [0.15, 0.2) is 0 Å². The van der Waals surface area contributed by atoms with Crippen molar-refractivity contribution in [3.05, 3.63) is 22.4 Å². The van der Waals surface area contributed by atoms with E-state index >= 15 is 0 Å². The van der Waals surface area contributed by atoms with Crippen LogP contribution in [0.4, 0.5) is 0 Å². The van der Waals surface area contributed by atoms with E-state index in [9.17, 15) is 4.79 Å². The van der Waals surface area contributed by atoms with Gasteiger partial charge in [0.05, 0.1) is 0 Å². The highest BCUT2D eigenvalue weighted by Gasteiger charge is 2.24. The van der Waals surface area contributed by atoms with Crippen LogP contribution in [0, 0.1) is 0 Å². The Morgan fingerprint density at radius 2 is 2.56 bits per heavy atom. The van der Waals surface area contributed by atoms with Crippen molar-refractivity contribution in [2.75, 3.05) is 20.1 Å². The zero-order valence-electron chi connectivity index (χ0n) is 9.35. The number of nitrogens with two attached hydrogens (primary N) is 1. The lowest BCUT2D eigenvalue weighted by molar-refractivity contribution is -0.123. The van der Waals surface area contributed by atoms with Gasteiger partial charge in [-0.3, -0.25) is 4.79 Å². The van der Waals surface area contributed by atoms with Crippen LogP contribution in [-0.2, 0) is 4.79 Å². The normalized spacial score (nSPS) is 23.2. The Morgan fingerprint density at radius 3 is 3.12 bits per heavy atom. The Kier molecular flexibility index (Phi) is 3.58. The van der Waals surface area contributed by atoms with Crippen LogP contribution in [0.1, 0.15) is 17.3 Å². The van der Waals surface area contributed by atoms with Crippen molar-refractivity contribution in [3.8, 4) is 0 Å². The van der Waals surface area contributed by atoms with Crippen LogP contribution in [0.5, 0.6) is 0 Å². The van der Waals surface area contributed by atoms with Crippen molar-refractivity contribution in [2.45, 2.75) is 18.5 Å². The molecule has 0 radical (unpaired) electrons. The lowest BCUT2D eigenvalue weighted by Crippen LogP contribution is -2.41. The number of carbonyl (C=O) groups is 1. The molecule has 0 saturated carbocycles. The summed E-state index contributed by atoms with van der Waals surface area (Å²) in [4.78, 5) is 15.0. The monoisotopic (exact) mass is 239 g/mol. The fourth-order valence-corrected chi connectivity index (χ4v) is 2.67. The highest BCUT2D eigenvalue weighted by atomic mass is 32.1. The molecule has 16 heavy (non-hydrogen) atoms. The van der Waals surface area contributed by atoms with Gasteiger partial charge in [0, 0.05) is 17.5 Å². The summed E-state index contributed by atoms with van der Waals surface area (Å²) in [6, 6.07) is 3.54. The third-order valence-corrected chi connectivity index (χ3v) is 3.83. The smallest absolute Gasteiger partial charge is 0.242 e. The number of hydrogen-bond acceptors (Lipinski definition) is 4. The summed E-state index contributed by atoms with van der Waals surface area (Å²) in [6.45, 7) is 1.96. The minimum Gasteiger partial charge on any atom is -0.350 e. The van der Waals surface area contributed by atoms with Crippen LogP contribution >= 0.6 is 11.3 Å². The number of nitrogens with zero attached hydrogens (tertiary/aromatic N) is 1. The number of likely N-dealkylation sites (N-methyl/N-ethyl adjacent to an activating group) is 1. The first kappa shape index (κ1) is 11.6. The van der Waals surface area contributed by atoms with E-state index in [-0.39, 0.29) is 11.9 Å². The van der Waals surface area contributed by atoms with Crippen LogP contribution in [-0.4, -0.2) is 37.0 Å². The third kappa shape index (κ3) is 2.61. The maximum Gasteiger partial charge on any atom is 0.242 e. The van der Waals surface area contributed by atoms with Crippen LogP contribution in [0.15, 0.2) is 17.5 Å². The molecular weight excluding hydrogens is 222 g/mol. The predicted molar refractivity (Wildman–Crippen MR) is 65.3 cm³/mol. The molecule has 2 rings (SSSR count). The first-order valence-corrected chi connectivity index (χ1v) is 6.32. The second-order valence-corrected chi connectivity index (χ2v) is 5.23. The fraction of sp³-hybridized carbons (Fsp3) is 0.545. The molecule has 1 aliphatic rings. The Morgan fingerprint density at radius 1 is 1.75 bits per heavy atom. The van der Waals surface area contributed by atoms with E-state index in [1.165, 1.54) is 11.3 Å². The third-order valence-electron chi connectivity index (χ3n) is 2.87. The average Bonchev–Trinajstić information content (AvgIpc) is 2.88. The standard InChI is InChI=1S/C11H17N3OS/c1-14-5-4-8(7-14)13-11(15)10(12)9-3-2-6-16-9/h2-3,6,8,10H,4-5,7,12H2,1H3,(H,13,15). The molecule has 0 spiro atoms. The maximum atomic E-state index is 11.9. The topological polar surface area (TPSA) is 58.4 Å². The SMILES string of the molecule is CN1CCC(NC(=O)C(N)c2cccs2)C1. The van der Waals surface area contributed by atoms with E-state index in [2.05, 4.69) is 17.3 Å². The van der Waals surface area contributed by atoms with Crippen molar-refractivity contribution in [1.29, 1.82) is 0 Å². The number of nitrogens with one attached hydrogen (secondary N) is 1. The largest absolute Gasteiger partial charge is 0.350 e. The number of hydrogen-bond donors (Lipinski definition) is 2. The minimum absolute atomic E-state index is 0.0669. The highest BCUT2D eigenvalue weighted by Crippen LogP contribution is 2.17. The van der Waals surface area contributed by atoms with Crippen LogP contribution in [0.25, 0.3) is 0 Å². The lowest BCUT2D eigenvalue weighted by atomic mass is 10.2. The number of rotatable bonds is 3. The van der Waals surface area contributed by atoms with E-state index in [1.54, 1.807) is 0 Å². The first-order valence-electron chi connectivity index (χ1n) is 5.44. The van der Waals surface area contributed by atoms with Gasteiger partial charge >= 0.3 is 0 Å². The number of likely N-dealkylation sites (tertiary alicyclic amines) is 1. The zero-order valence-corrected chi connectivity index (χ0v) is 10.2. The molecule has 0 bridgehead atoms. The van der Waals surface area contributed by atoms with Crippen LogP contribution in [0.2, 0.25) is 0 Å². The van der Waals surface area contributed by atoms with E-state index in [1.807, 2.05) is 17.5 Å². The molecule has 88 valence electrons. The summed E-state index contributed by atoms with van der Waals surface area (Å²) >= 11 is 1.52. The van der Waals surface area contributed by atoms with Crippen molar-refractivity contribution >= 4 is 17.2 Å². The second-order valence-electron chi connectivity index (χ2n) is 4.25. The van der Waals surface area contributed by atoms with Crippen molar-refractivity contribution in [3.63, 3.8) is 0 Å². The van der Waals surface area contributed by atoms with Gasteiger partial charge in [0.1, 0.15) is 6.04 Å². The Bertz CT molecular complexity index is 352. The Balaban J connectivity index is 1.88. The van der Waals surface area contributed by atoms with E-state index < -0.39 is 6.04 Å². The molecule has 2 atom stereocenters. The van der Waals surface area contributed by atoms with Gasteiger partial charge in [-0.1, -0.05) is 6.07 Å². The van der Waals surface area contributed by atoms with Crippen LogP contribution < -0.4 is 11.1 Å². The van der Waals surface area contributed by atoms with Crippen molar-refractivity contribution < 1.29 is 4.79 Å². The van der Waals surface area contributed by atoms with Gasteiger partial charge in [-0.2, -0.15) is 0 Å². The number of thiophene rings is 1. The van der Waals surface area contributed by atoms with Gasteiger partial charge in [-0.15, -0.1) is 11.3 Å². The molecule has 1 aliphatic heterocycles. The second kappa shape index (κ2) is 4.95. The van der Waals surface area contributed by atoms with E-state index in [4.69, 9.17) is 5.73 Å². The summed E-state index contributed by atoms with van der Waals surface area (Å²) in [5.74, 6) is -0.0669. The molecule has 2 heterocycles. The summed E-state index contributed by atoms with van der Waals surface area (Å²) in [5.41, 5.74) is 5.88. The van der Waals surface area contributed by atoms with Gasteiger partial charge < -0.3 is 16.0 Å². The Labute approximate surface area is 99.4 Å². The molecule has 4 nitrogen and oxygen atoms in total. The quantitative estimate of drug-likeness (QED) is 0.810. The zero-order chi connectivity index (χ0) is 11.5. The lowest BCUT2D eigenvalue weighted by Gasteiger charge is -2.16. The molecule has 1 fully saturated rings. The molecule has 0 aliphatic carbocycles. The molecule has 3 N–H and O–H groups in total. The number of carbonyl (C=O) groups excluding carboxylic acids is 1. The average molecular weight is 239 g/mol. The molecule has 1 amide bonds. The van der Waals surface area contributed by atoms with Gasteiger partial charge in [0.2, 0.25) is 5.91 Å². The van der Waals surface area contributed by atoms with Crippen molar-refractivity contribution in [2.24, 2.45) is 5.73 Å². The summed E-state index contributed by atoms with van der Waals surface area (Å²) in [7, 11) is 2.06. The summed E-state index contributed by atoms with van der Waals surface area (Å²) < 4.78 is 0. The molecule has 0 aromatic carbocycles. The molecule has 1 saturated heterocycles. The highest BCUT2D eigenvalue weighted by molar-refractivity contribution is 7.10. The Hall–Kier alpha value is -0.910. The molecule has 1 aromatic heterocycles. The molecule has 1 aromatic rings. The van der Waals surface area contributed by atoms with Gasteiger partial charge in [0.25, 0.3) is 0 Å². The number of amides is 1. The molecule has 2 unspecified atom stereocenters. The summed E-state index contributed by atoms with van der Waals surface area (Å²) in [5, 5.41) is 4.93. The predicted octanol–water partition coefficient (Wildman–Crippen LogP) is 0.568. The minimum atomic E-state index is -0.522. The first-order chi connectivity index (χ1) is 7.66. The van der Waals surface area contributed by atoms with Crippen molar-refractivity contribution in [1.82, 2.24) is 10.2 Å². The van der Waals surface area contributed by atoms with Crippen LogP contribution in [0.3, 0.4) is 0 Å². The molecule has 5 heteroatoms. The summed E-state index contributed by atoms with van der Waals surface area (Å²) in [6.07, 6.45) is 1.01. The van der Waals surface area contributed by atoms with Gasteiger partial charge in [-0.25, -0.2) is 0 Å². The van der Waals surface area contributed by atoms with E-state index in [0.717, 1.165) is 24.4 Å². The maximum absolute atomic E-state index is 11.9.